The highest BCUT2D eigenvalue weighted by atomic mass is 16.1. The number of hydrogen-bond acceptors (Lipinski definition) is 6. The molecule has 1 saturated carbocycles. The number of anilines is 2. The molecule has 20 heavy (non-hydrogen) atoms. The molecule has 0 aromatic carbocycles. The summed E-state index contributed by atoms with van der Waals surface area (Å²) < 4.78 is 0. The van der Waals surface area contributed by atoms with E-state index in [2.05, 4.69) is 20.2 Å². The van der Waals surface area contributed by atoms with Crippen molar-refractivity contribution < 1.29 is 4.79 Å². The number of H-pyrrole nitrogens is 1. The van der Waals surface area contributed by atoms with Gasteiger partial charge in [0.15, 0.2) is 5.65 Å². The number of carbonyl (C=O) groups is 1. The van der Waals surface area contributed by atoms with E-state index >= 15 is 0 Å². The van der Waals surface area contributed by atoms with Crippen molar-refractivity contribution in [2.24, 2.45) is 5.73 Å². The normalized spacial score (nSPS) is 15.8. The van der Waals surface area contributed by atoms with Crippen LogP contribution in [0.25, 0.3) is 11.0 Å². The van der Waals surface area contributed by atoms with E-state index in [1.807, 2.05) is 4.90 Å². The molecule has 0 bridgehead atoms. The Morgan fingerprint density at radius 2 is 2.15 bits per heavy atom. The molecule has 0 saturated heterocycles. The molecule has 106 valence electrons. The van der Waals surface area contributed by atoms with Gasteiger partial charge in [0.1, 0.15) is 5.82 Å². The summed E-state index contributed by atoms with van der Waals surface area (Å²) in [4.78, 5) is 21.7. The number of fused-ring (bicyclic) bond motifs is 1. The first-order chi connectivity index (χ1) is 9.65. The smallest absolute Gasteiger partial charge is 0.237 e. The highest BCUT2D eigenvalue weighted by Gasteiger charge is 2.27. The molecule has 0 atom stereocenters. The van der Waals surface area contributed by atoms with Gasteiger partial charge >= 0.3 is 0 Å². The number of hydrogen-bond donors (Lipinski definition) is 3. The van der Waals surface area contributed by atoms with Crippen molar-refractivity contribution in [1.82, 2.24) is 20.2 Å². The van der Waals surface area contributed by atoms with E-state index in [9.17, 15) is 4.79 Å². The predicted octanol–water partition coefficient (Wildman–Crippen LogP) is 0.169. The molecule has 0 radical (unpaired) electrons. The lowest BCUT2D eigenvalue weighted by molar-refractivity contribution is -0.116. The van der Waals surface area contributed by atoms with Crippen molar-refractivity contribution in [3.63, 3.8) is 0 Å². The fourth-order valence-electron chi connectivity index (χ4n) is 2.82. The van der Waals surface area contributed by atoms with E-state index in [0.29, 0.717) is 11.5 Å². The van der Waals surface area contributed by atoms with Crippen LogP contribution < -0.4 is 16.4 Å². The molecule has 1 aliphatic rings. The Kier molecular flexibility index (Phi) is 3.13. The number of primary amides is 1. The van der Waals surface area contributed by atoms with E-state index in [1.165, 1.54) is 0 Å². The first-order valence-corrected chi connectivity index (χ1v) is 6.66. The first kappa shape index (κ1) is 12.6. The van der Waals surface area contributed by atoms with Gasteiger partial charge in [0.25, 0.3) is 0 Å². The third-order valence-corrected chi connectivity index (χ3v) is 3.67. The van der Waals surface area contributed by atoms with Crippen LogP contribution in [0.3, 0.4) is 0 Å². The zero-order chi connectivity index (χ0) is 14.1. The molecule has 8 nitrogen and oxygen atoms in total. The highest BCUT2D eigenvalue weighted by molar-refractivity contribution is 5.90. The van der Waals surface area contributed by atoms with E-state index < -0.39 is 0 Å². The minimum atomic E-state index is -0.384. The van der Waals surface area contributed by atoms with E-state index in [1.54, 1.807) is 6.20 Å². The summed E-state index contributed by atoms with van der Waals surface area (Å²) in [6.45, 7) is 0.126. The lowest BCUT2D eigenvalue weighted by atomic mass is 10.2. The molecular formula is C12H17N7O. The van der Waals surface area contributed by atoms with Crippen LogP contribution >= 0.6 is 0 Å². The van der Waals surface area contributed by atoms with Crippen molar-refractivity contribution >= 4 is 28.7 Å². The second-order valence-corrected chi connectivity index (χ2v) is 5.07. The molecule has 8 heteroatoms. The van der Waals surface area contributed by atoms with Crippen LogP contribution in [-0.4, -0.2) is 38.7 Å². The SMILES string of the molecule is NC(=O)CN(c1nc(N)nc2[nH]ncc12)C1CCCC1. The molecule has 2 heterocycles. The van der Waals surface area contributed by atoms with Gasteiger partial charge in [0.2, 0.25) is 11.9 Å². The Bertz CT molecular complexity index is 632. The number of amides is 1. The number of nitrogens with two attached hydrogens (primary N) is 2. The molecule has 0 unspecified atom stereocenters. The van der Waals surface area contributed by atoms with Crippen LogP contribution in [0, 0.1) is 0 Å². The number of nitrogens with one attached hydrogen (secondary N) is 1. The third kappa shape index (κ3) is 2.24. The van der Waals surface area contributed by atoms with Crippen LogP contribution in [0.15, 0.2) is 6.20 Å². The van der Waals surface area contributed by atoms with Crippen LogP contribution in [-0.2, 0) is 4.79 Å². The number of aromatic nitrogens is 4. The number of nitrogen functional groups attached to an aromatic ring is 1. The minimum absolute atomic E-state index is 0.126. The Balaban J connectivity index is 2.07. The minimum Gasteiger partial charge on any atom is -0.368 e. The van der Waals surface area contributed by atoms with Crippen molar-refractivity contribution in [3.8, 4) is 0 Å². The van der Waals surface area contributed by atoms with Crippen molar-refractivity contribution in [2.45, 2.75) is 31.7 Å². The molecule has 0 spiro atoms. The summed E-state index contributed by atoms with van der Waals surface area (Å²) in [5, 5.41) is 7.50. The maximum atomic E-state index is 11.4. The molecule has 1 aliphatic carbocycles. The second kappa shape index (κ2) is 4.95. The topological polar surface area (TPSA) is 127 Å². The van der Waals surface area contributed by atoms with Crippen LogP contribution in [0.1, 0.15) is 25.7 Å². The third-order valence-electron chi connectivity index (χ3n) is 3.67. The van der Waals surface area contributed by atoms with Gasteiger partial charge in [-0.3, -0.25) is 9.89 Å². The fraction of sp³-hybridized carbons (Fsp3) is 0.500. The highest BCUT2D eigenvalue weighted by Crippen LogP contribution is 2.30. The van der Waals surface area contributed by atoms with Gasteiger partial charge in [-0.05, 0) is 12.8 Å². The zero-order valence-electron chi connectivity index (χ0n) is 11.0. The van der Waals surface area contributed by atoms with Crippen molar-refractivity contribution in [1.29, 1.82) is 0 Å². The van der Waals surface area contributed by atoms with E-state index in [4.69, 9.17) is 11.5 Å². The van der Waals surface area contributed by atoms with Crippen molar-refractivity contribution in [2.75, 3.05) is 17.2 Å². The van der Waals surface area contributed by atoms with Crippen LogP contribution in [0.4, 0.5) is 11.8 Å². The van der Waals surface area contributed by atoms with Gasteiger partial charge < -0.3 is 16.4 Å². The van der Waals surface area contributed by atoms with Crippen LogP contribution in [0.2, 0.25) is 0 Å². The maximum Gasteiger partial charge on any atom is 0.237 e. The Morgan fingerprint density at radius 3 is 2.85 bits per heavy atom. The maximum absolute atomic E-state index is 11.4. The summed E-state index contributed by atoms with van der Waals surface area (Å²) in [5.41, 5.74) is 11.7. The number of rotatable bonds is 4. The Labute approximate surface area is 115 Å². The summed E-state index contributed by atoms with van der Waals surface area (Å²) in [6.07, 6.45) is 5.99. The summed E-state index contributed by atoms with van der Waals surface area (Å²) in [5.74, 6) is 0.405. The Hall–Kier alpha value is -2.38. The predicted molar refractivity (Wildman–Crippen MR) is 74.9 cm³/mol. The first-order valence-electron chi connectivity index (χ1n) is 6.66. The second-order valence-electron chi connectivity index (χ2n) is 5.07. The lowest BCUT2D eigenvalue weighted by Gasteiger charge is -2.29. The lowest BCUT2D eigenvalue weighted by Crippen LogP contribution is -2.41. The summed E-state index contributed by atoms with van der Waals surface area (Å²) in [6, 6.07) is 0.259. The van der Waals surface area contributed by atoms with Crippen molar-refractivity contribution in [3.05, 3.63) is 6.20 Å². The largest absolute Gasteiger partial charge is 0.368 e. The molecule has 3 rings (SSSR count). The van der Waals surface area contributed by atoms with Gasteiger partial charge in [-0.2, -0.15) is 15.1 Å². The molecule has 1 fully saturated rings. The molecule has 1 amide bonds. The van der Waals surface area contributed by atoms with Crippen LogP contribution in [0.5, 0.6) is 0 Å². The monoisotopic (exact) mass is 275 g/mol. The molecule has 0 aliphatic heterocycles. The van der Waals surface area contributed by atoms with Gasteiger partial charge in [0, 0.05) is 6.04 Å². The van der Waals surface area contributed by atoms with Gasteiger partial charge in [-0.15, -0.1) is 0 Å². The van der Waals surface area contributed by atoms with Gasteiger partial charge in [-0.25, -0.2) is 0 Å². The zero-order valence-corrected chi connectivity index (χ0v) is 11.0. The molecule has 5 N–H and O–H groups in total. The molecular weight excluding hydrogens is 258 g/mol. The van der Waals surface area contributed by atoms with Gasteiger partial charge in [-0.1, -0.05) is 12.8 Å². The molecule has 2 aromatic heterocycles. The summed E-state index contributed by atoms with van der Waals surface area (Å²) >= 11 is 0. The average molecular weight is 275 g/mol. The summed E-state index contributed by atoms with van der Waals surface area (Å²) in [7, 11) is 0. The Morgan fingerprint density at radius 1 is 1.40 bits per heavy atom. The van der Waals surface area contributed by atoms with Gasteiger partial charge in [0.05, 0.1) is 18.1 Å². The quantitative estimate of drug-likeness (QED) is 0.730. The van der Waals surface area contributed by atoms with E-state index in [0.717, 1.165) is 31.1 Å². The van der Waals surface area contributed by atoms with E-state index in [-0.39, 0.29) is 24.4 Å². The number of aromatic amines is 1. The molecule has 2 aromatic rings. The fourth-order valence-corrected chi connectivity index (χ4v) is 2.82. The number of nitrogens with zero attached hydrogens (tertiary/aromatic N) is 4. The average Bonchev–Trinajstić information content (AvgIpc) is 3.05. The number of carbonyl (C=O) groups excluding carboxylic acids is 1. The standard InChI is InChI=1S/C12H17N7O/c13-9(20)6-19(7-3-1-2-4-7)11-8-5-15-18-10(8)16-12(14)17-11/h5,7H,1-4,6H2,(H2,13,20)(H3,14,15,16,17,18).